The van der Waals surface area contributed by atoms with E-state index < -0.39 is 4.92 Å². The van der Waals surface area contributed by atoms with Gasteiger partial charge in [-0.25, -0.2) is 4.79 Å². The van der Waals surface area contributed by atoms with E-state index in [1.807, 2.05) is 11.8 Å². The number of cyclic esters (lactones) is 1. The Morgan fingerprint density at radius 2 is 1.90 bits per heavy atom. The molecule has 0 saturated carbocycles. The average Bonchev–Trinajstić information content (AvgIpc) is 3.17. The van der Waals surface area contributed by atoms with Gasteiger partial charge in [0.1, 0.15) is 6.61 Å². The molecule has 2 aliphatic heterocycles. The van der Waals surface area contributed by atoms with Gasteiger partial charge >= 0.3 is 6.09 Å². The van der Waals surface area contributed by atoms with Gasteiger partial charge in [0.05, 0.1) is 36.8 Å². The molecule has 2 amide bonds. The van der Waals surface area contributed by atoms with Crippen LogP contribution in [0.15, 0.2) is 18.2 Å². The molecule has 0 aliphatic carbocycles. The van der Waals surface area contributed by atoms with E-state index >= 15 is 0 Å². The van der Waals surface area contributed by atoms with Crippen LogP contribution in [0.3, 0.4) is 0 Å². The summed E-state index contributed by atoms with van der Waals surface area (Å²) in [5.41, 5.74) is 0.0649. The molecular formula is C21H27N3O7. The number of carbonyl (C=O) groups excluding carboxylic acids is 2. The zero-order valence-corrected chi connectivity index (χ0v) is 17.9. The molecule has 1 aromatic rings. The zero-order valence-electron chi connectivity index (χ0n) is 17.9. The summed E-state index contributed by atoms with van der Waals surface area (Å²) in [4.78, 5) is 39.1. The van der Waals surface area contributed by atoms with Crippen LogP contribution in [-0.4, -0.2) is 72.7 Å². The number of nitro groups is 1. The molecule has 0 spiro atoms. The van der Waals surface area contributed by atoms with Crippen LogP contribution >= 0.6 is 0 Å². The first-order chi connectivity index (χ1) is 14.9. The number of amides is 2. The van der Waals surface area contributed by atoms with Crippen LogP contribution in [0.25, 0.3) is 6.08 Å². The predicted molar refractivity (Wildman–Crippen MR) is 112 cm³/mol. The molecular weight excluding hydrogens is 406 g/mol. The first-order valence-electron chi connectivity index (χ1n) is 10.2. The van der Waals surface area contributed by atoms with Gasteiger partial charge in [0.25, 0.3) is 5.69 Å². The smallest absolute Gasteiger partial charge is 0.410 e. The number of rotatable bonds is 7. The van der Waals surface area contributed by atoms with Crippen molar-refractivity contribution in [2.45, 2.75) is 38.3 Å². The zero-order chi connectivity index (χ0) is 22.5. The van der Waals surface area contributed by atoms with Crippen molar-refractivity contribution in [3.63, 3.8) is 0 Å². The summed E-state index contributed by atoms with van der Waals surface area (Å²) in [6, 6.07) is 2.88. The highest BCUT2D eigenvalue weighted by Gasteiger charge is 2.38. The van der Waals surface area contributed by atoms with Crippen LogP contribution in [0.1, 0.15) is 31.7 Å². The number of ether oxygens (including phenoxy) is 3. The Hall–Kier alpha value is -3.30. The van der Waals surface area contributed by atoms with Crippen molar-refractivity contribution in [1.29, 1.82) is 0 Å². The molecule has 0 N–H and O–H groups in total. The molecule has 2 aliphatic rings. The third-order valence-corrected chi connectivity index (χ3v) is 5.78. The van der Waals surface area contributed by atoms with Crippen molar-refractivity contribution >= 4 is 23.8 Å². The highest BCUT2D eigenvalue weighted by Crippen LogP contribution is 2.35. The molecule has 0 radical (unpaired) electrons. The highest BCUT2D eigenvalue weighted by molar-refractivity contribution is 5.92. The molecule has 1 atom stereocenters. The second-order valence-corrected chi connectivity index (χ2v) is 7.46. The van der Waals surface area contributed by atoms with Crippen LogP contribution < -0.4 is 9.47 Å². The number of hydrogen-bond donors (Lipinski definition) is 0. The first kappa shape index (κ1) is 22.4. The van der Waals surface area contributed by atoms with Gasteiger partial charge in [0, 0.05) is 25.2 Å². The summed E-state index contributed by atoms with van der Waals surface area (Å²) in [5.74, 6) is 0.341. The van der Waals surface area contributed by atoms with Crippen molar-refractivity contribution in [2.24, 2.45) is 0 Å². The fraction of sp³-hybridized carbons (Fsp3) is 0.524. The lowest BCUT2D eigenvalue weighted by Gasteiger charge is -2.37. The van der Waals surface area contributed by atoms with E-state index in [2.05, 4.69) is 0 Å². The molecule has 168 valence electrons. The second-order valence-electron chi connectivity index (χ2n) is 7.46. The van der Waals surface area contributed by atoms with E-state index in [4.69, 9.17) is 14.2 Å². The SMILES string of the molecule is CCC1COC(=O)N1C1CCN(C(=O)/C=C/c2cc(OC)c(OC)cc2[N+](=O)[O-])CC1. The summed E-state index contributed by atoms with van der Waals surface area (Å²) < 4.78 is 15.5. The molecule has 2 saturated heterocycles. The minimum atomic E-state index is -0.531. The van der Waals surface area contributed by atoms with Crippen LogP contribution in [0.2, 0.25) is 0 Å². The summed E-state index contributed by atoms with van der Waals surface area (Å²) in [6.07, 6.45) is 4.63. The number of methoxy groups -OCH3 is 2. The van der Waals surface area contributed by atoms with Crippen molar-refractivity contribution in [3.8, 4) is 11.5 Å². The summed E-state index contributed by atoms with van der Waals surface area (Å²) in [6.45, 7) is 3.45. The van der Waals surface area contributed by atoms with E-state index in [1.165, 1.54) is 38.5 Å². The molecule has 0 aromatic heterocycles. The summed E-state index contributed by atoms with van der Waals surface area (Å²) in [5, 5.41) is 11.4. The van der Waals surface area contributed by atoms with Crippen molar-refractivity contribution in [1.82, 2.24) is 9.80 Å². The molecule has 31 heavy (non-hydrogen) atoms. The van der Waals surface area contributed by atoms with E-state index in [-0.39, 0.29) is 41.1 Å². The molecule has 1 unspecified atom stereocenters. The number of nitro benzene ring substituents is 1. The van der Waals surface area contributed by atoms with Crippen LogP contribution in [0.5, 0.6) is 11.5 Å². The fourth-order valence-corrected chi connectivity index (χ4v) is 4.04. The third kappa shape index (κ3) is 4.73. The van der Waals surface area contributed by atoms with E-state index in [1.54, 1.807) is 4.90 Å². The van der Waals surface area contributed by atoms with Gasteiger partial charge in [-0.2, -0.15) is 0 Å². The maximum Gasteiger partial charge on any atom is 0.410 e. The molecule has 10 heteroatoms. The predicted octanol–water partition coefficient (Wildman–Crippen LogP) is 2.85. The Bertz CT molecular complexity index is 878. The monoisotopic (exact) mass is 433 g/mol. The van der Waals surface area contributed by atoms with Crippen LogP contribution in [0, 0.1) is 10.1 Å². The lowest BCUT2D eigenvalue weighted by atomic mass is 10.0. The van der Waals surface area contributed by atoms with Crippen molar-refractivity contribution < 1.29 is 28.7 Å². The van der Waals surface area contributed by atoms with Crippen LogP contribution in [-0.2, 0) is 9.53 Å². The Balaban J connectivity index is 1.67. The molecule has 3 rings (SSSR count). The number of carbonyl (C=O) groups is 2. The minimum Gasteiger partial charge on any atom is -0.493 e. The molecule has 2 heterocycles. The van der Waals surface area contributed by atoms with Gasteiger partial charge in [-0.15, -0.1) is 0 Å². The van der Waals surface area contributed by atoms with E-state index in [0.29, 0.717) is 38.3 Å². The molecule has 1 aromatic carbocycles. The third-order valence-electron chi connectivity index (χ3n) is 5.78. The standard InChI is InChI=1S/C21H27N3O7/c1-4-15-13-31-21(26)23(15)16-7-9-22(10-8-16)20(25)6-5-14-11-18(29-2)19(30-3)12-17(14)24(27)28/h5-6,11-12,15-16H,4,7-10,13H2,1-3H3/b6-5+. The molecule has 10 nitrogen and oxygen atoms in total. The number of nitrogens with zero attached hydrogens (tertiary/aromatic N) is 3. The summed E-state index contributed by atoms with van der Waals surface area (Å²) >= 11 is 0. The van der Waals surface area contributed by atoms with Gasteiger partial charge < -0.3 is 19.1 Å². The Labute approximate surface area is 180 Å². The van der Waals surface area contributed by atoms with Gasteiger partial charge in [-0.05, 0) is 31.4 Å². The first-order valence-corrected chi connectivity index (χ1v) is 10.2. The average molecular weight is 433 g/mol. The topological polar surface area (TPSA) is 111 Å². The lowest BCUT2D eigenvalue weighted by Crippen LogP contribution is -2.49. The normalized spacial score (nSPS) is 19.6. The number of piperidine rings is 1. The lowest BCUT2D eigenvalue weighted by molar-refractivity contribution is -0.385. The summed E-state index contributed by atoms with van der Waals surface area (Å²) in [7, 11) is 2.83. The highest BCUT2D eigenvalue weighted by atomic mass is 16.6. The minimum absolute atomic E-state index is 0.0555. The Morgan fingerprint density at radius 3 is 2.48 bits per heavy atom. The van der Waals surface area contributed by atoms with Crippen molar-refractivity contribution in [2.75, 3.05) is 33.9 Å². The van der Waals surface area contributed by atoms with Gasteiger partial charge in [-0.1, -0.05) is 6.92 Å². The molecule has 2 fully saturated rings. The number of likely N-dealkylation sites (tertiary alicyclic amines) is 1. The van der Waals surface area contributed by atoms with Crippen molar-refractivity contribution in [3.05, 3.63) is 33.9 Å². The second kappa shape index (κ2) is 9.67. The van der Waals surface area contributed by atoms with Crippen LogP contribution in [0.4, 0.5) is 10.5 Å². The maximum atomic E-state index is 12.7. The van der Waals surface area contributed by atoms with Gasteiger partial charge in [0.2, 0.25) is 5.91 Å². The Morgan fingerprint density at radius 1 is 1.26 bits per heavy atom. The quantitative estimate of drug-likeness (QED) is 0.369. The number of benzene rings is 1. The van der Waals surface area contributed by atoms with E-state index in [0.717, 1.165) is 6.42 Å². The fourth-order valence-electron chi connectivity index (χ4n) is 4.04. The van der Waals surface area contributed by atoms with Gasteiger partial charge in [-0.3, -0.25) is 19.8 Å². The van der Waals surface area contributed by atoms with E-state index in [9.17, 15) is 19.7 Å². The largest absolute Gasteiger partial charge is 0.493 e. The molecule has 0 bridgehead atoms. The Kier molecular flexibility index (Phi) is 6.98. The number of hydrogen-bond acceptors (Lipinski definition) is 7. The maximum absolute atomic E-state index is 12.7. The van der Waals surface area contributed by atoms with Gasteiger partial charge in [0.15, 0.2) is 11.5 Å².